The second kappa shape index (κ2) is 5.95. The summed E-state index contributed by atoms with van der Waals surface area (Å²) in [6.07, 6.45) is 0. The van der Waals surface area contributed by atoms with Gasteiger partial charge in [0.15, 0.2) is 0 Å². The number of carbonyl (C=O) groups excluding carboxylic acids is 2. The third-order valence-electron chi connectivity index (χ3n) is 3.72. The normalized spacial score (nSPS) is 15.0. The number of aryl methyl sites for hydroxylation is 1. The molecule has 6 heteroatoms. The van der Waals surface area contributed by atoms with E-state index in [1.54, 1.807) is 22.8 Å². The highest BCUT2D eigenvalue weighted by Gasteiger charge is 2.23. The van der Waals surface area contributed by atoms with Crippen molar-refractivity contribution in [2.75, 3.05) is 26.2 Å². The van der Waals surface area contributed by atoms with Crippen LogP contribution in [0.15, 0.2) is 18.2 Å². The Morgan fingerprint density at radius 3 is 2.10 bits per heavy atom. The zero-order valence-electron chi connectivity index (χ0n) is 12.1. The lowest BCUT2D eigenvalue weighted by atomic mass is 10.0. The molecular weight excluding hydrogens is 272 g/mol. The number of hydrogen-bond donors (Lipinski definition) is 1. The van der Waals surface area contributed by atoms with Gasteiger partial charge in [-0.2, -0.15) is 0 Å². The fraction of sp³-hybridized carbons (Fsp3) is 0.400. The lowest BCUT2D eigenvalue weighted by molar-refractivity contribution is -0.130. The smallest absolute Gasteiger partial charge is 0.335 e. The van der Waals surface area contributed by atoms with Gasteiger partial charge in [0.1, 0.15) is 0 Å². The summed E-state index contributed by atoms with van der Waals surface area (Å²) in [6, 6.07) is 4.59. The van der Waals surface area contributed by atoms with E-state index in [2.05, 4.69) is 0 Å². The zero-order valence-corrected chi connectivity index (χ0v) is 12.1. The standard InChI is InChI=1S/C15H18N2O4/c1-10-9-12(3-4-13(10)15(20)21)14(19)17-7-5-16(6-8-17)11(2)18/h3-4,9H,5-8H2,1-2H3,(H,20,21). The second-order valence-corrected chi connectivity index (χ2v) is 5.13. The predicted molar refractivity (Wildman–Crippen MR) is 76.3 cm³/mol. The highest BCUT2D eigenvalue weighted by Crippen LogP contribution is 2.14. The zero-order chi connectivity index (χ0) is 15.6. The van der Waals surface area contributed by atoms with E-state index in [-0.39, 0.29) is 17.4 Å². The first-order valence-electron chi connectivity index (χ1n) is 6.79. The molecule has 2 rings (SSSR count). The van der Waals surface area contributed by atoms with Crippen LogP contribution in [0, 0.1) is 6.92 Å². The molecule has 1 aromatic rings. The SMILES string of the molecule is CC(=O)N1CCN(C(=O)c2ccc(C(=O)O)c(C)c2)CC1. The Hall–Kier alpha value is -2.37. The van der Waals surface area contributed by atoms with Crippen molar-refractivity contribution in [2.24, 2.45) is 0 Å². The number of amides is 2. The van der Waals surface area contributed by atoms with Crippen molar-refractivity contribution in [2.45, 2.75) is 13.8 Å². The van der Waals surface area contributed by atoms with E-state index in [1.807, 2.05) is 0 Å². The van der Waals surface area contributed by atoms with Crippen LogP contribution in [-0.2, 0) is 4.79 Å². The summed E-state index contributed by atoms with van der Waals surface area (Å²) in [5.74, 6) is -1.11. The quantitative estimate of drug-likeness (QED) is 0.881. The molecule has 6 nitrogen and oxygen atoms in total. The van der Waals surface area contributed by atoms with Crippen LogP contribution in [0.3, 0.4) is 0 Å². The third-order valence-corrected chi connectivity index (χ3v) is 3.72. The van der Waals surface area contributed by atoms with Gasteiger partial charge in [0, 0.05) is 38.7 Å². The topological polar surface area (TPSA) is 77.9 Å². The van der Waals surface area contributed by atoms with Gasteiger partial charge in [-0.15, -0.1) is 0 Å². The number of rotatable bonds is 2. The molecule has 0 aliphatic carbocycles. The molecule has 0 radical (unpaired) electrons. The van der Waals surface area contributed by atoms with Crippen molar-refractivity contribution >= 4 is 17.8 Å². The number of carboxylic acid groups (broad SMARTS) is 1. The molecular formula is C15H18N2O4. The summed E-state index contributed by atoms with van der Waals surface area (Å²) in [4.78, 5) is 38.0. The van der Waals surface area contributed by atoms with E-state index in [9.17, 15) is 14.4 Å². The first-order chi connectivity index (χ1) is 9.90. The molecule has 1 aliphatic rings. The third kappa shape index (κ3) is 3.21. The lowest BCUT2D eigenvalue weighted by Crippen LogP contribution is -2.50. The van der Waals surface area contributed by atoms with Gasteiger partial charge in [0.25, 0.3) is 5.91 Å². The van der Waals surface area contributed by atoms with E-state index < -0.39 is 5.97 Å². The number of benzene rings is 1. The molecule has 21 heavy (non-hydrogen) atoms. The Balaban J connectivity index is 2.09. The van der Waals surface area contributed by atoms with Gasteiger partial charge in [-0.05, 0) is 30.7 Å². The van der Waals surface area contributed by atoms with Gasteiger partial charge in [-0.3, -0.25) is 9.59 Å². The first-order valence-corrected chi connectivity index (χ1v) is 6.79. The van der Waals surface area contributed by atoms with Gasteiger partial charge in [0.2, 0.25) is 5.91 Å². The van der Waals surface area contributed by atoms with Crippen LogP contribution >= 0.6 is 0 Å². The summed E-state index contributed by atoms with van der Waals surface area (Å²) >= 11 is 0. The van der Waals surface area contributed by atoms with Gasteiger partial charge in [0.05, 0.1) is 5.56 Å². The maximum atomic E-state index is 12.4. The number of hydrogen-bond acceptors (Lipinski definition) is 3. The minimum absolute atomic E-state index is 0.0174. The van der Waals surface area contributed by atoms with E-state index >= 15 is 0 Å². The van der Waals surface area contributed by atoms with Crippen LogP contribution in [0.4, 0.5) is 0 Å². The lowest BCUT2D eigenvalue weighted by Gasteiger charge is -2.34. The monoisotopic (exact) mass is 290 g/mol. The average Bonchev–Trinajstić information content (AvgIpc) is 2.46. The predicted octanol–water partition coefficient (Wildman–Crippen LogP) is 0.998. The molecule has 1 aromatic carbocycles. The highest BCUT2D eigenvalue weighted by atomic mass is 16.4. The number of piperazine rings is 1. The van der Waals surface area contributed by atoms with Crippen LogP contribution in [-0.4, -0.2) is 58.9 Å². The fourth-order valence-electron chi connectivity index (χ4n) is 2.44. The van der Waals surface area contributed by atoms with Crippen molar-refractivity contribution in [3.63, 3.8) is 0 Å². The maximum absolute atomic E-state index is 12.4. The molecule has 0 unspecified atom stereocenters. The molecule has 0 saturated carbocycles. The van der Waals surface area contributed by atoms with E-state index in [0.717, 1.165) is 0 Å². The highest BCUT2D eigenvalue weighted by molar-refractivity contribution is 5.97. The van der Waals surface area contributed by atoms with Crippen LogP contribution in [0.25, 0.3) is 0 Å². The number of aromatic carboxylic acids is 1. The number of carboxylic acids is 1. The van der Waals surface area contributed by atoms with Gasteiger partial charge < -0.3 is 14.9 Å². The Morgan fingerprint density at radius 2 is 1.62 bits per heavy atom. The van der Waals surface area contributed by atoms with Crippen LogP contribution in [0.2, 0.25) is 0 Å². The molecule has 0 atom stereocenters. The maximum Gasteiger partial charge on any atom is 0.335 e. The summed E-state index contributed by atoms with van der Waals surface area (Å²) in [5.41, 5.74) is 1.25. The summed E-state index contributed by atoms with van der Waals surface area (Å²) in [6.45, 7) is 5.26. The molecule has 2 amide bonds. The van der Waals surface area contributed by atoms with Crippen molar-refractivity contribution in [3.05, 3.63) is 34.9 Å². The molecule has 112 valence electrons. The summed E-state index contributed by atoms with van der Waals surface area (Å²) in [7, 11) is 0. The Kier molecular flexibility index (Phi) is 4.26. The molecule has 0 spiro atoms. The van der Waals surface area contributed by atoms with Crippen molar-refractivity contribution < 1.29 is 19.5 Å². The van der Waals surface area contributed by atoms with Gasteiger partial charge in [-0.1, -0.05) is 0 Å². The van der Waals surface area contributed by atoms with Crippen LogP contribution in [0.5, 0.6) is 0 Å². The Morgan fingerprint density at radius 1 is 1.05 bits per heavy atom. The van der Waals surface area contributed by atoms with E-state index in [1.165, 1.54) is 19.1 Å². The fourth-order valence-corrected chi connectivity index (χ4v) is 2.44. The molecule has 1 heterocycles. The van der Waals surface area contributed by atoms with E-state index in [4.69, 9.17) is 5.11 Å². The minimum atomic E-state index is -0.999. The van der Waals surface area contributed by atoms with Gasteiger partial charge in [-0.25, -0.2) is 4.79 Å². The number of nitrogens with zero attached hydrogens (tertiary/aromatic N) is 2. The second-order valence-electron chi connectivity index (χ2n) is 5.13. The first kappa shape index (κ1) is 15.0. The van der Waals surface area contributed by atoms with Crippen LogP contribution in [0.1, 0.15) is 33.2 Å². The molecule has 1 fully saturated rings. The Bertz CT molecular complexity index is 589. The van der Waals surface area contributed by atoms with Gasteiger partial charge >= 0.3 is 5.97 Å². The summed E-state index contributed by atoms with van der Waals surface area (Å²) < 4.78 is 0. The molecule has 1 aliphatic heterocycles. The molecule has 0 bridgehead atoms. The largest absolute Gasteiger partial charge is 0.478 e. The van der Waals surface area contributed by atoms with E-state index in [0.29, 0.717) is 37.3 Å². The summed E-state index contributed by atoms with van der Waals surface area (Å²) in [5, 5.41) is 8.99. The molecule has 1 saturated heterocycles. The minimum Gasteiger partial charge on any atom is -0.478 e. The van der Waals surface area contributed by atoms with Crippen molar-refractivity contribution in [1.29, 1.82) is 0 Å². The van der Waals surface area contributed by atoms with Crippen LogP contribution < -0.4 is 0 Å². The van der Waals surface area contributed by atoms with Crippen molar-refractivity contribution in [3.8, 4) is 0 Å². The average molecular weight is 290 g/mol. The molecule has 1 N–H and O–H groups in total. The number of carbonyl (C=O) groups is 3. The molecule has 0 aromatic heterocycles. The van der Waals surface area contributed by atoms with Crippen molar-refractivity contribution in [1.82, 2.24) is 9.80 Å². The Labute approximate surface area is 123 Å².